The van der Waals surface area contributed by atoms with Crippen LogP contribution >= 0.6 is 12.2 Å². The van der Waals surface area contributed by atoms with E-state index in [2.05, 4.69) is 0 Å². The largest absolute Gasteiger partial charge is 0.389 e. The topological polar surface area (TPSA) is 72.6 Å². The predicted octanol–water partition coefficient (Wildman–Crippen LogP) is 0.978. The monoisotopic (exact) mass is 302 g/mol. The van der Waals surface area contributed by atoms with Gasteiger partial charge in [-0.25, -0.2) is 8.42 Å². The Hall–Kier alpha value is -1.02. The van der Waals surface area contributed by atoms with E-state index in [4.69, 9.17) is 22.7 Å². The average Bonchev–Trinajstić information content (AvgIpc) is 2.39. The Bertz CT molecular complexity index is 526. The van der Waals surface area contributed by atoms with Crippen LogP contribution in [-0.4, -0.2) is 44.5 Å². The van der Waals surface area contributed by atoms with E-state index < -0.39 is 10.0 Å². The van der Waals surface area contributed by atoms with E-state index in [-0.39, 0.29) is 9.88 Å². The van der Waals surface area contributed by atoms with Crippen LogP contribution in [0.4, 0.5) is 0 Å². The van der Waals surface area contributed by atoms with Gasteiger partial charge in [0.1, 0.15) is 4.99 Å². The second kappa shape index (κ2) is 6.95. The highest BCUT2D eigenvalue weighted by Crippen LogP contribution is 2.15. The molecule has 0 aliphatic rings. The molecule has 0 aliphatic carbocycles. The molecule has 0 fully saturated rings. The number of hydrogen-bond donors (Lipinski definition) is 1. The van der Waals surface area contributed by atoms with Crippen LogP contribution in [-0.2, 0) is 14.8 Å². The van der Waals surface area contributed by atoms with Crippen molar-refractivity contribution in [1.82, 2.24) is 4.31 Å². The molecule has 0 saturated heterocycles. The van der Waals surface area contributed by atoms with E-state index in [1.807, 2.05) is 6.92 Å². The van der Waals surface area contributed by atoms with Gasteiger partial charge in [0.25, 0.3) is 0 Å². The summed E-state index contributed by atoms with van der Waals surface area (Å²) in [5, 5.41) is 0. The maximum Gasteiger partial charge on any atom is 0.242 e. The Labute approximate surface area is 119 Å². The molecular formula is C12H18N2O3S2. The van der Waals surface area contributed by atoms with Crippen molar-refractivity contribution in [3.05, 3.63) is 29.8 Å². The minimum atomic E-state index is -3.49. The molecule has 0 saturated carbocycles. The summed E-state index contributed by atoms with van der Waals surface area (Å²) in [5.41, 5.74) is 6.11. The third-order valence-corrected chi connectivity index (χ3v) is 4.71. The van der Waals surface area contributed by atoms with Crippen molar-refractivity contribution in [2.75, 3.05) is 26.8 Å². The molecule has 1 aromatic carbocycles. The van der Waals surface area contributed by atoms with Crippen LogP contribution in [0.5, 0.6) is 0 Å². The molecule has 0 radical (unpaired) electrons. The van der Waals surface area contributed by atoms with Gasteiger partial charge in [-0.15, -0.1) is 0 Å². The first kappa shape index (κ1) is 16.0. The molecule has 0 aliphatic heterocycles. The number of nitrogens with zero attached hydrogens (tertiary/aromatic N) is 1. The lowest BCUT2D eigenvalue weighted by atomic mass is 10.2. The minimum absolute atomic E-state index is 0.214. The van der Waals surface area contributed by atoms with Crippen molar-refractivity contribution < 1.29 is 13.2 Å². The summed E-state index contributed by atoms with van der Waals surface area (Å²) in [6, 6.07) is 6.21. The number of hydrogen-bond acceptors (Lipinski definition) is 4. The fourth-order valence-corrected chi connectivity index (χ4v) is 2.72. The number of rotatable bonds is 7. The van der Waals surface area contributed by atoms with Gasteiger partial charge in [0.15, 0.2) is 0 Å². The van der Waals surface area contributed by atoms with Crippen molar-refractivity contribution in [2.24, 2.45) is 5.73 Å². The first-order valence-corrected chi connectivity index (χ1v) is 7.68. The van der Waals surface area contributed by atoms with Gasteiger partial charge in [0.2, 0.25) is 10.0 Å². The Morgan fingerprint density at radius 1 is 1.37 bits per heavy atom. The summed E-state index contributed by atoms with van der Waals surface area (Å²) in [7, 11) is -1.97. The quantitative estimate of drug-likeness (QED) is 0.600. The van der Waals surface area contributed by atoms with E-state index >= 15 is 0 Å². The lowest BCUT2D eigenvalue weighted by Crippen LogP contribution is -2.30. The van der Waals surface area contributed by atoms with E-state index in [0.29, 0.717) is 25.3 Å². The molecule has 19 heavy (non-hydrogen) atoms. The Morgan fingerprint density at radius 2 is 1.95 bits per heavy atom. The zero-order chi connectivity index (χ0) is 14.5. The highest BCUT2D eigenvalue weighted by atomic mass is 32.2. The number of benzene rings is 1. The number of sulfonamides is 1. The molecule has 7 heteroatoms. The van der Waals surface area contributed by atoms with Crippen LogP contribution in [0.15, 0.2) is 29.2 Å². The first-order valence-electron chi connectivity index (χ1n) is 5.83. The summed E-state index contributed by atoms with van der Waals surface area (Å²) < 4.78 is 30.8. The molecule has 0 unspecified atom stereocenters. The Kier molecular flexibility index (Phi) is 5.86. The van der Waals surface area contributed by atoms with Gasteiger partial charge in [0, 0.05) is 25.8 Å². The molecule has 0 bridgehead atoms. The molecule has 5 nitrogen and oxygen atoms in total. The second-order valence-corrected chi connectivity index (χ2v) is 6.40. The summed E-state index contributed by atoms with van der Waals surface area (Å²) in [6.45, 7) is 3.11. The summed E-state index contributed by atoms with van der Waals surface area (Å²) in [6.07, 6.45) is 0. The third-order valence-electron chi connectivity index (χ3n) is 2.60. The lowest BCUT2D eigenvalue weighted by Gasteiger charge is -2.17. The number of ether oxygens (including phenoxy) is 1. The van der Waals surface area contributed by atoms with Gasteiger partial charge in [0.05, 0.1) is 11.5 Å². The van der Waals surface area contributed by atoms with Gasteiger partial charge < -0.3 is 10.5 Å². The Balaban J connectivity index is 2.84. The molecule has 1 rings (SSSR count). The van der Waals surface area contributed by atoms with Crippen LogP contribution in [0.3, 0.4) is 0 Å². The van der Waals surface area contributed by atoms with E-state index in [1.54, 1.807) is 12.1 Å². The van der Waals surface area contributed by atoms with Gasteiger partial charge in [-0.1, -0.05) is 24.4 Å². The summed E-state index contributed by atoms with van der Waals surface area (Å²) in [4.78, 5) is 0.458. The van der Waals surface area contributed by atoms with Crippen LogP contribution in [0, 0.1) is 0 Å². The van der Waals surface area contributed by atoms with Crippen LogP contribution in [0.25, 0.3) is 0 Å². The molecule has 2 N–H and O–H groups in total. The third kappa shape index (κ3) is 4.24. The number of nitrogens with two attached hydrogens (primary N) is 1. The fourth-order valence-electron chi connectivity index (χ4n) is 1.43. The molecule has 1 aromatic rings. The molecule has 0 amide bonds. The van der Waals surface area contributed by atoms with Gasteiger partial charge in [-0.2, -0.15) is 4.31 Å². The standard InChI is InChI=1S/C12H18N2O3S2/c1-3-17-9-8-14(2)19(15,16)11-6-4-10(5-7-11)12(13)18/h4-7H,3,8-9H2,1-2H3,(H2,13,18). The van der Waals surface area contributed by atoms with Gasteiger partial charge >= 0.3 is 0 Å². The number of likely N-dealkylation sites (N-methyl/N-ethyl adjacent to an activating group) is 1. The molecule has 0 spiro atoms. The van der Waals surface area contributed by atoms with Crippen molar-refractivity contribution in [2.45, 2.75) is 11.8 Å². The van der Waals surface area contributed by atoms with Crippen molar-refractivity contribution in [3.63, 3.8) is 0 Å². The zero-order valence-electron chi connectivity index (χ0n) is 11.0. The van der Waals surface area contributed by atoms with Crippen LogP contribution in [0.1, 0.15) is 12.5 Å². The summed E-state index contributed by atoms with van der Waals surface area (Å²) >= 11 is 4.82. The number of thiocarbonyl (C=S) groups is 1. The van der Waals surface area contributed by atoms with E-state index in [1.165, 1.54) is 23.5 Å². The van der Waals surface area contributed by atoms with E-state index in [0.717, 1.165) is 0 Å². The first-order chi connectivity index (χ1) is 8.89. The smallest absolute Gasteiger partial charge is 0.242 e. The normalized spacial score (nSPS) is 11.7. The molecule has 0 atom stereocenters. The van der Waals surface area contributed by atoms with Crippen LogP contribution in [0.2, 0.25) is 0 Å². The SMILES string of the molecule is CCOCCN(C)S(=O)(=O)c1ccc(C(N)=S)cc1. The molecule has 0 heterocycles. The lowest BCUT2D eigenvalue weighted by molar-refractivity contribution is 0.138. The van der Waals surface area contributed by atoms with Crippen molar-refractivity contribution in [1.29, 1.82) is 0 Å². The van der Waals surface area contributed by atoms with Gasteiger partial charge in [-0.3, -0.25) is 0 Å². The predicted molar refractivity (Wildman–Crippen MR) is 78.6 cm³/mol. The highest BCUT2D eigenvalue weighted by molar-refractivity contribution is 7.89. The second-order valence-electron chi connectivity index (χ2n) is 3.91. The molecule has 106 valence electrons. The van der Waals surface area contributed by atoms with E-state index in [9.17, 15) is 8.42 Å². The minimum Gasteiger partial charge on any atom is -0.389 e. The molecular weight excluding hydrogens is 284 g/mol. The summed E-state index contributed by atoms with van der Waals surface area (Å²) in [5.74, 6) is 0. The molecule has 0 aromatic heterocycles. The average molecular weight is 302 g/mol. The van der Waals surface area contributed by atoms with Crippen LogP contribution < -0.4 is 5.73 Å². The zero-order valence-corrected chi connectivity index (χ0v) is 12.6. The maximum atomic E-state index is 12.2. The van der Waals surface area contributed by atoms with Gasteiger partial charge in [-0.05, 0) is 19.1 Å². The van der Waals surface area contributed by atoms with Crippen molar-refractivity contribution in [3.8, 4) is 0 Å². The Morgan fingerprint density at radius 3 is 2.42 bits per heavy atom. The maximum absolute atomic E-state index is 12.2. The van der Waals surface area contributed by atoms with Crippen molar-refractivity contribution >= 4 is 27.2 Å². The highest BCUT2D eigenvalue weighted by Gasteiger charge is 2.20. The fraction of sp³-hybridized carbons (Fsp3) is 0.417.